The van der Waals surface area contributed by atoms with Gasteiger partial charge in [0.2, 0.25) is 11.8 Å². The molecule has 5 heteroatoms. The summed E-state index contributed by atoms with van der Waals surface area (Å²) in [4.78, 5) is 26.2. The lowest BCUT2D eigenvalue weighted by Gasteiger charge is -2.40. The van der Waals surface area contributed by atoms with Gasteiger partial charge in [-0.1, -0.05) is 0 Å². The Hall–Kier alpha value is -0.710. The Morgan fingerprint density at radius 3 is 2.37 bits per heavy atom. The number of nitrogens with zero attached hydrogens (tertiary/aromatic N) is 1. The van der Waals surface area contributed by atoms with Crippen LogP contribution in [0.4, 0.5) is 0 Å². The molecule has 106 valence electrons. The number of amides is 2. The molecule has 0 aromatic rings. The number of thioether (sulfide) groups is 1. The summed E-state index contributed by atoms with van der Waals surface area (Å²) in [5.74, 6) is 0.611. The Bertz CT molecular complexity index is 376. The van der Waals surface area contributed by atoms with Crippen LogP contribution < -0.4 is 5.32 Å². The number of carbonyl (C=O) groups excluding carboxylic acids is 2. The third-order valence-electron chi connectivity index (χ3n) is 4.69. The summed E-state index contributed by atoms with van der Waals surface area (Å²) >= 11 is 1.93. The van der Waals surface area contributed by atoms with Gasteiger partial charge in [-0.05, 0) is 50.7 Å². The topological polar surface area (TPSA) is 49.4 Å². The largest absolute Gasteiger partial charge is 0.342 e. The predicted octanol–water partition coefficient (Wildman–Crippen LogP) is 1.40. The molecule has 3 fully saturated rings. The Kier molecular flexibility index (Phi) is 3.74. The highest BCUT2D eigenvalue weighted by Gasteiger charge is 2.44. The predicted molar refractivity (Wildman–Crippen MR) is 75.9 cm³/mol. The maximum Gasteiger partial charge on any atom is 0.246 e. The van der Waals surface area contributed by atoms with E-state index < -0.39 is 0 Å². The molecule has 0 bridgehead atoms. The second-order valence-electron chi connectivity index (χ2n) is 6.01. The Morgan fingerprint density at radius 2 is 1.79 bits per heavy atom. The van der Waals surface area contributed by atoms with Gasteiger partial charge in [0.25, 0.3) is 0 Å². The van der Waals surface area contributed by atoms with Gasteiger partial charge in [-0.15, -0.1) is 0 Å². The van der Waals surface area contributed by atoms with Crippen LogP contribution in [-0.2, 0) is 9.59 Å². The van der Waals surface area contributed by atoms with Crippen LogP contribution in [0.2, 0.25) is 0 Å². The van der Waals surface area contributed by atoms with E-state index in [1.807, 2.05) is 16.7 Å². The number of rotatable bonds is 3. The molecule has 0 radical (unpaired) electrons. The number of nitrogens with one attached hydrogen (secondary N) is 1. The van der Waals surface area contributed by atoms with Gasteiger partial charge < -0.3 is 10.2 Å². The third-order valence-corrected chi connectivity index (χ3v) is 5.83. The molecular weight excluding hydrogens is 260 g/mol. The molecule has 0 aromatic heterocycles. The van der Waals surface area contributed by atoms with Gasteiger partial charge >= 0.3 is 0 Å². The summed E-state index contributed by atoms with van der Waals surface area (Å²) in [7, 11) is 0. The van der Waals surface area contributed by atoms with E-state index >= 15 is 0 Å². The van der Waals surface area contributed by atoms with Gasteiger partial charge in [0.15, 0.2) is 0 Å². The summed E-state index contributed by atoms with van der Waals surface area (Å²) in [5.41, 5.74) is 0. The number of piperazine rings is 1. The molecule has 1 unspecified atom stereocenters. The zero-order chi connectivity index (χ0) is 13.4. The zero-order valence-corrected chi connectivity index (χ0v) is 12.2. The first-order chi connectivity index (χ1) is 9.19. The van der Waals surface area contributed by atoms with E-state index in [0.717, 1.165) is 30.9 Å². The van der Waals surface area contributed by atoms with E-state index in [1.54, 1.807) is 0 Å². The third kappa shape index (κ3) is 2.76. The zero-order valence-electron chi connectivity index (χ0n) is 11.4. The average molecular weight is 282 g/mol. The van der Waals surface area contributed by atoms with E-state index in [1.165, 1.54) is 12.8 Å². The molecule has 3 rings (SSSR count). The second kappa shape index (κ2) is 5.35. The average Bonchev–Trinajstić information content (AvgIpc) is 3.25. The molecule has 2 saturated carbocycles. The molecule has 19 heavy (non-hydrogen) atoms. The molecule has 2 aliphatic carbocycles. The van der Waals surface area contributed by atoms with Crippen LogP contribution in [0.25, 0.3) is 0 Å². The maximum absolute atomic E-state index is 12.5. The molecular formula is C14H22N2O2S. The van der Waals surface area contributed by atoms with Crippen molar-refractivity contribution in [1.82, 2.24) is 10.2 Å². The van der Waals surface area contributed by atoms with Crippen molar-refractivity contribution >= 4 is 23.6 Å². The Labute approximate surface area is 118 Å². The first-order valence-electron chi connectivity index (χ1n) is 7.31. The molecule has 1 heterocycles. The minimum absolute atomic E-state index is 0.0310. The summed E-state index contributed by atoms with van der Waals surface area (Å²) < 4.78 is 0. The van der Waals surface area contributed by atoms with Gasteiger partial charge in [-0.2, -0.15) is 11.8 Å². The quantitative estimate of drug-likeness (QED) is 0.851. The minimum Gasteiger partial charge on any atom is -0.342 e. The van der Waals surface area contributed by atoms with Crippen molar-refractivity contribution in [2.45, 2.75) is 55.9 Å². The molecule has 1 saturated heterocycles. The van der Waals surface area contributed by atoms with Gasteiger partial charge in [-0.25, -0.2) is 0 Å². The number of carbonyl (C=O) groups is 2. The standard InChI is InChI=1S/C14H22N2O2S/c1-19-11-6-4-10(5-7-11)16-8-12(17)15-13(14(16)18)9-2-3-9/h9-11,13H,2-8H2,1H3,(H,15,17). The Morgan fingerprint density at radius 1 is 1.11 bits per heavy atom. The fourth-order valence-electron chi connectivity index (χ4n) is 3.34. The molecule has 4 nitrogen and oxygen atoms in total. The van der Waals surface area contributed by atoms with Crippen molar-refractivity contribution in [3.8, 4) is 0 Å². The maximum atomic E-state index is 12.5. The van der Waals surface area contributed by atoms with Crippen LogP contribution in [-0.4, -0.2) is 46.8 Å². The fraction of sp³-hybridized carbons (Fsp3) is 0.857. The summed E-state index contributed by atoms with van der Waals surface area (Å²) in [5, 5.41) is 3.62. The molecule has 3 aliphatic rings. The van der Waals surface area contributed by atoms with Gasteiger partial charge in [0.05, 0.1) is 6.54 Å². The molecule has 1 N–H and O–H groups in total. The van der Waals surface area contributed by atoms with Gasteiger partial charge in [-0.3, -0.25) is 9.59 Å². The smallest absolute Gasteiger partial charge is 0.246 e. The lowest BCUT2D eigenvalue weighted by atomic mass is 9.92. The van der Waals surface area contributed by atoms with Crippen molar-refractivity contribution < 1.29 is 9.59 Å². The molecule has 1 aliphatic heterocycles. The summed E-state index contributed by atoms with van der Waals surface area (Å²) in [6.45, 7) is 0.274. The van der Waals surface area contributed by atoms with Crippen LogP contribution in [0.15, 0.2) is 0 Å². The SMILES string of the molecule is CSC1CCC(N2CC(=O)NC(C3CC3)C2=O)CC1. The van der Waals surface area contributed by atoms with Crippen molar-refractivity contribution in [3.05, 3.63) is 0 Å². The second-order valence-corrected chi connectivity index (χ2v) is 7.15. The number of hydrogen-bond donors (Lipinski definition) is 1. The van der Waals surface area contributed by atoms with Crippen molar-refractivity contribution in [2.24, 2.45) is 5.92 Å². The lowest BCUT2D eigenvalue weighted by molar-refractivity contribution is -0.147. The Balaban J connectivity index is 1.65. The van der Waals surface area contributed by atoms with Crippen LogP contribution in [0.3, 0.4) is 0 Å². The number of hydrogen-bond acceptors (Lipinski definition) is 3. The van der Waals surface area contributed by atoms with Crippen LogP contribution in [0, 0.1) is 5.92 Å². The summed E-state index contributed by atoms with van der Waals surface area (Å²) in [6, 6.07) is 0.0720. The van der Waals surface area contributed by atoms with Crippen molar-refractivity contribution in [2.75, 3.05) is 12.8 Å². The van der Waals surface area contributed by atoms with Crippen LogP contribution in [0.1, 0.15) is 38.5 Å². The van der Waals surface area contributed by atoms with E-state index in [9.17, 15) is 9.59 Å². The summed E-state index contributed by atoms with van der Waals surface area (Å²) in [6.07, 6.45) is 8.79. The van der Waals surface area contributed by atoms with E-state index in [0.29, 0.717) is 12.0 Å². The van der Waals surface area contributed by atoms with E-state index in [-0.39, 0.29) is 24.4 Å². The van der Waals surface area contributed by atoms with Crippen molar-refractivity contribution in [1.29, 1.82) is 0 Å². The van der Waals surface area contributed by atoms with Crippen LogP contribution in [0.5, 0.6) is 0 Å². The highest BCUT2D eigenvalue weighted by Crippen LogP contribution is 2.36. The molecule has 2 amide bonds. The van der Waals surface area contributed by atoms with Gasteiger partial charge in [0, 0.05) is 11.3 Å². The fourth-order valence-corrected chi connectivity index (χ4v) is 4.09. The van der Waals surface area contributed by atoms with Crippen LogP contribution >= 0.6 is 11.8 Å². The molecule has 1 atom stereocenters. The molecule has 0 spiro atoms. The highest BCUT2D eigenvalue weighted by atomic mass is 32.2. The lowest BCUT2D eigenvalue weighted by Crippen LogP contribution is -2.61. The van der Waals surface area contributed by atoms with E-state index in [4.69, 9.17) is 0 Å². The minimum atomic E-state index is -0.223. The monoisotopic (exact) mass is 282 g/mol. The first kappa shape index (κ1) is 13.3. The van der Waals surface area contributed by atoms with E-state index in [2.05, 4.69) is 11.6 Å². The highest BCUT2D eigenvalue weighted by molar-refractivity contribution is 7.99. The van der Waals surface area contributed by atoms with Crippen molar-refractivity contribution in [3.63, 3.8) is 0 Å². The normalized spacial score (nSPS) is 36.3. The molecule has 0 aromatic carbocycles. The van der Waals surface area contributed by atoms with Gasteiger partial charge in [0.1, 0.15) is 6.04 Å². The first-order valence-corrected chi connectivity index (χ1v) is 8.60.